The molecule has 0 radical (unpaired) electrons. The number of fused-ring (bicyclic) bond motifs is 1. The summed E-state index contributed by atoms with van der Waals surface area (Å²) < 4.78 is 41.6. The van der Waals surface area contributed by atoms with Crippen LogP contribution in [0.25, 0.3) is 11.3 Å². The van der Waals surface area contributed by atoms with Gasteiger partial charge in [0.2, 0.25) is 11.8 Å². The molecule has 166 valence electrons. The lowest BCUT2D eigenvalue weighted by atomic mass is 9.65. The summed E-state index contributed by atoms with van der Waals surface area (Å²) in [6.07, 6.45) is 0.150. The minimum Gasteiger partial charge on any atom is -0.365 e. The van der Waals surface area contributed by atoms with Crippen LogP contribution in [0.3, 0.4) is 0 Å². The Kier molecular flexibility index (Phi) is 5.28. The molecule has 2 aromatic rings. The first-order chi connectivity index (χ1) is 14.5. The van der Waals surface area contributed by atoms with Crippen molar-refractivity contribution in [2.75, 3.05) is 6.54 Å². The van der Waals surface area contributed by atoms with Crippen molar-refractivity contribution in [1.82, 2.24) is 14.7 Å². The number of nitrogens with zero attached hydrogens (tertiary/aromatic N) is 3. The van der Waals surface area contributed by atoms with E-state index in [1.807, 2.05) is 0 Å². The molecule has 1 aromatic heterocycles. The van der Waals surface area contributed by atoms with E-state index in [-0.39, 0.29) is 48.0 Å². The summed E-state index contributed by atoms with van der Waals surface area (Å²) in [6, 6.07) is 4.01. The number of aromatic nitrogens is 2. The fourth-order valence-electron chi connectivity index (χ4n) is 4.58. The van der Waals surface area contributed by atoms with Gasteiger partial charge in [-0.3, -0.25) is 14.3 Å². The molecule has 31 heavy (non-hydrogen) atoms. The largest absolute Gasteiger partial charge is 0.365 e. The SMILES string of the molecule is CC1(CCC(=O)N2CCn3nc(-c4ccc(F)c(Cl)c4)c(C(N)=O)c3C2)CC(F)(F)C1. The molecule has 6 nitrogen and oxygen atoms in total. The minimum absolute atomic E-state index is 0.106. The molecule has 10 heteroatoms. The van der Waals surface area contributed by atoms with Crippen LogP contribution in [0.5, 0.6) is 0 Å². The number of hydrogen-bond donors (Lipinski definition) is 1. The van der Waals surface area contributed by atoms with Gasteiger partial charge in [-0.2, -0.15) is 5.10 Å². The number of rotatable bonds is 5. The normalized spacial score (nSPS) is 18.9. The van der Waals surface area contributed by atoms with Crippen LogP contribution in [-0.2, 0) is 17.9 Å². The highest BCUT2D eigenvalue weighted by Crippen LogP contribution is 2.54. The Hall–Kier alpha value is -2.55. The first kappa shape index (κ1) is 21.7. The van der Waals surface area contributed by atoms with Gasteiger partial charge in [0, 0.05) is 31.4 Å². The number of amides is 2. The predicted octanol–water partition coefficient (Wildman–Crippen LogP) is 4.00. The van der Waals surface area contributed by atoms with Crippen molar-refractivity contribution in [3.63, 3.8) is 0 Å². The van der Waals surface area contributed by atoms with Gasteiger partial charge in [-0.25, -0.2) is 13.2 Å². The molecule has 2 amide bonds. The Bertz CT molecular complexity index is 1060. The number of halogens is 4. The smallest absolute Gasteiger partial charge is 0.252 e. The van der Waals surface area contributed by atoms with E-state index in [2.05, 4.69) is 5.10 Å². The molecule has 1 aliphatic carbocycles. The molecule has 1 aliphatic heterocycles. The summed E-state index contributed by atoms with van der Waals surface area (Å²) in [7, 11) is 0. The molecular weight excluding hydrogens is 433 g/mol. The lowest BCUT2D eigenvalue weighted by molar-refractivity contribution is -0.160. The molecule has 1 aromatic carbocycles. The Morgan fingerprint density at radius 2 is 1.97 bits per heavy atom. The van der Waals surface area contributed by atoms with Crippen LogP contribution in [0.1, 0.15) is 48.7 Å². The monoisotopic (exact) mass is 454 g/mol. The molecule has 0 saturated heterocycles. The van der Waals surface area contributed by atoms with Crippen molar-refractivity contribution in [2.45, 2.75) is 51.6 Å². The molecule has 0 unspecified atom stereocenters. The van der Waals surface area contributed by atoms with Crippen molar-refractivity contribution in [1.29, 1.82) is 0 Å². The van der Waals surface area contributed by atoms with Crippen molar-refractivity contribution in [3.8, 4) is 11.3 Å². The zero-order chi connectivity index (χ0) is 22.6. The Balaban J connectivity index is 1.53. The lowest BCUT2D eigenvalue weighted by Crippen LogP contribution is -2.45. The van der Waals surface area contributed by atoms with Gasteiger partial charge in [-0.1, -0.05) is 18.5 Å². The van der Waals surface area contributed by atoms with Crippen LogP contribution in [0.4, 0.5) is 13.2 Å². The van der Waals surface area contributed by atoms with E-state index in [0.717, 1.165) is 0 Å². The van der Waals surface area contributed by atoms with Crippen LogP contribution in [-0.4, -0.2) is 39.0 Å². The maximum atomic E-state index is 13.5. The highest BCUT2D eigenvalue weighted by molar-refractivity contribution is 6.31. The maximum Gasteiger partial charge on any atom is 0.252 e. The molecule has 0 atom stereocenters. The zero-order valence-corrected chi connectivity index (χ0v) is 17.7. The predicted molar refractivity (Wildman–Crippen MR) is 108 cm³/mol. The minimum atomic E-state index is -2.63. The Labute approximate surface area is 182 Å². The molecule has 0 spiro atoms. The average molecular weight is 455 g/mol. The number of hydrogen-bond acceptors (Lipinski definition) is 3. The topological polar surface area (TPSA) is 81.2 Å². The summed E-state index contributed by atoms with van der Waals surface area (Å²) in [5.74, 6) is -4.10. The molecule has 1 saturated carbocycles. The van der Waals surface area contributed by atoms with Crippen molar-refractivity contribution < 1.29 is 22.8 Å². The first-order valence-electron chi connectivity index (χ1n) is 9.99. The van der Waals surface area contributed by atoms with E-state index in [4.69, 9.17) is 17.3 Å². The van der Waals surface area contributed by atoms with Crippen molar-refractivity contribution in [3.05, 3.63) is 40.3 Å². The Morgan fingerprint density at radius 1 is 1.26 bits per heavy atom. The summed E-state index contributed by atoms with van der Waals surface area (Å²) in [6.45, 7) is 2.63. The quantitative estimate of drug-likeness (QED) is 0.741. The maximum absolute atomic E-state index is 13.5. The van der Waals surface area contributed by atoms with E-state index in [9.17, 15) is 22.8 Å². The molecule has 2 N–H and O–H groups in total. The van der Waals surface area contributed by atoms with Gasteiger partial charge in [-0.15, -0.1) is 0 Å². The molecular formula is C21H22ClF3N4O2. The number of carbonyl (C=O) groups excluding carboxylic acids is 2. The third kappa shape index (κ3) is 4.15. The fourth-order valence-corrected chi connectivity index (χ4v) is 4.76. The summed E-state index contributed by atoms with van der Waals surface area (Å²) >= 11 is 5.87. The first-order valence-corrected chi connectivity index (χ1v) is 10.4. The second kappa shape index (κ2) is 7.55. The van der Waals surface area contributed by atoms with Gasteiger partial charge < -0.3 is 10.6 Å². The van der Waals surface area contributed by atoms with E-state index < -0.39 is 23.1 Å². The van der Waals surface area contributed by atoms with Gasteiger partial charge in [0.1, 0.15) is 11.5 Å². The van der Waals surface area contributed by atoms with Crippen LogP contribution < -0.4 is 5.73 Å². The van der Waals surface area contributed by atoms with Gasteiger partial charge >= 0.3 is 0 Å². The second-order valence-electron chi connectivity index (χ2n) is 8.72. The van der Waals surface area contributed by atoms with E-state index in [1.165, 1.54) is 18.2 Å². The summed E-state index contributed by atoms with van der Waals surface area (Å²) in [5.41, 5.74) is 6.45. The van der Waals surface area contributed by atoms with E-state index in [0.29, 0.717) is 30.8 Å². The number of nitrogens with two attached hydrogens (primary N) is 1. The summed E-state index contributed by atoms with van der Waals surface area (Å²) in [5, 5.41) is 4.34. The highest BCUT2D eigenvalue weighted by Gasteiger charge is 2.53. The van der Waals surface area contributed by atoms with Crippen LogP contribution in [0.15, 0.2) is 18.2 Å². The number of primary amides is 1. The Morgan fingerprint density at radius 3 is 2.58 bits per heavy atom. The third-order valence-corrected chi connectivity index (χ3v) is 6.38. The third-order valence-electron chi connectivity index (χ3n) is 6.09. The molecule has 1 fully saturated rings. The van der Waals surface area contributed by atoms with E-state index >= 15 is 0 Å². The van der Waals surface area contributed by atoms with Crippen LogP contribution in [0.2, 0.25) is 5.02 Å². The van der Waals surface area contributed by atoms with Gasteiger partial charge in [0.25, 0.3) is 5.91 Å². The standard InChI is InChI=1S/C21H22ClF3N4O2/c1-20(10-21(24,25)11-20)5-4-16(30)28-6-7-29-15(9-28)17(19(26)31)18(27-29)12-2-3-14(23)13(22)8-12/h2-3,8H,4-7,9-11H2,1H3,(H2,26,31). The lowest BCUT2D eigenvalue weighted by Gasteiger charge is -2.45. The molecule has 4 rings (SSSR count). The van der Waals surface area contributed by atoms with Gasteiger partial charge in [0.05, 0.1) is 29.4 Å². The number of benzene rings is 1. The summed E-state index contributed by atoms with van der Waals surface area (Å²) in [4.78, 5) is 26.5. The number of alkyl halides is 2. The molecule has 2 aliphatic rings. The second-order valence-corrected chi connectivity index (χ2v) is 9.13. The average Bonchev–Trinajstić information content (AvgIpc) is 3.05. The molecule has 2 heterocycles. The fraction of sp³-hybridized carbons (Fsp3) is 0.476. The van der Waals surface area contributed by atoms with Crippen molar-refractivity contribution in [2.24, 2.45) is 11.1 Å². The van der Waals surface area contributed by atoms with E-state index in [1.54, 1.807) is 16.5 Å². The van der Waals surface area contributed by atoms with Gasteiger partial charge in [0.15, 0.2) is 0 Å². The molecule has 0 bridgehead atoms. The van der Waals surface area contributed by atoms with Gasteiger partial charge in [-0.05, 0) is 30.0 Å². The van der Waals surface area contributed by atoms with Crippen molar-refractivity contribution >= 4 is 23.4 Å². The number of carbonyl (C=O) groups is 2. The van der Waals surface area contributed by atoms with Crippen LogP contribution in [0, 0.1) is 11.2 Å². The van der Waals surface area contributed by atoms with Crippen LogP contribution >= 0.6 is 11.6 Å². The zero-order valence-electron chi connectivity index (χ0n) is 16.9. The highest BCUT2D eigenvalue weighted by atomic mass is 35.5.